The highest BCUT2D eigenvalue weighted by Crippen LogP contribution is 2.31. The van der Waals surface area contributed by atoms with Crippen molar-refractivity contribution in [2.75, 3.05) is 11.9 Å². The Kier molecular flexibility index (Phi) is 4.01. The molecule has 1 fully saturated rings. The zero-order valence-electron chi connectivity index (χ0n) is 10.9. The molecule has 0 radical (unpaired) electrons. The lowest BCUT2D eigenvalue weighted by atomic mass is 9.99. The standard InChI is InChI=1S/C13H21N3O2/c1-2-8-16-9-7-14-11(12(16)18)15-13(10-17)5-3-4-6-13/h7,9,17H,2-6,8,10H2,1H3,(H,14,15). The second kappa shape index (κ2) is 5.52. The van der Waals surface area contributed by atoms with Crippen molar-refractivity contribution >= 4 is 5.82 Å². The molecule has 18 heavy (non-hydrogen) atoms. The Morgan fingerprint density at radius 3 is 2.83 bits per heavy atom. The molecule has 0 atom stereocenters. The van der Waals surface area contributed by atoms with Gasteiger partial charge in [-0.15, -0.1) is 0 Å². The number of aliphatic hydroxyl groups is 1. The molecule has 2 rings (SSSR count). The van der Waals surface area contributed by atoms with E-state index in [4.69, 9.17) is 0 Å². The first-order valence-corrected chi connectivity index (χ1v) is 6.65. The van der Waals surface area contributed by atoms with E-state index in [0.717, 1.165) is 32.1 Å². The van der Waals surface area contributed by atoms with E-state index >= 15 is 0 Å². The number of aromatic nitrogens is 2. The Balaban J connectivity index is 2.23. The van der Waals surface area contributed by atoms with Crippen LogP contribution >= 0.6 is 0 Å². The third-order valence-corrected chi connectivity index (χ3v) is 3.63. The van der Waals surface area contributed by atoms with Gasteiger partial charge in [0.1, 0.15) is 0 Å². The van der Waals surface area contributed by atoms with Crippen LogP contribution in [0.15, 0.2) is 17.2 Å². The molecule has 0 amide bonds. The lowest BCUT2D eigenvalue weighted by molar-refractivity contribution is 0.213. The van der Waals surface area contributed by atoms with Crippen LogP contribution in [0.3, 0.4) is 0 Å². The van der Waals surface area contributed by atoms with E-state index in [9.17, 15) is 9.90 Å². The van der Waals surface area contributed by atoms with E-state index in [1.165, 1.54) is 0 Å². The molecule has 5 nitrogen and oxygen atoms in total. The second-order valence-corrected chi connectivity index (χ2v) is 5.04. The smallest absolute Gasteiger partial charge is 0.293 e. The zero-order chi connectivity index (χ0) is 13.0. The summed E-state index contributed by atoms with van der Waals surface area (Å²) in [5.74, 6) is 0.363. The van der Waals surface area contributed by atoms with Crippen molar-refractivity contribution in [2.45, 2.75) is 51.1 Å². The molecule has 1 aliphatic carbocycles. The molecule has 5 heteroatoms. The minimum Gasteiger partial charge on any atom is -0.394 e. The third kappa shape index (κ3) is 2.56. The molecule has 0 spiro atoms. The van der Waals surface area contributed by atoms with Crippen LogP contribution < -0.4 is 10.9 Å². The lowest BCUT2D eigenvalue weighted by Crippen LogP contribution is -2.42. The monoisotopic (exact) mass is 251 g/mol. The first-order valence-electron chi connectivity index (χ1n) is 6.65. The van der Waals surface area contributed by atoms with Crippen LogP contribution in [-0.4, -0.2) is 26.8 Å². The number of hydrogen-bond donors (Lipinski definition) is 2. The van der Waals surface area contributed by atoms with Gasteiger partial charge in [-0.2, -0.15) is 0 Å². The van der Waals surface area contributed by atoms with Crippen molar-refractivity contribution in [1.29, 1.82) is 0 Å². The maximum Gasteiger partial charge on any atom is 0.293 e. The molecule has 0 unspecified atom stereocenters. The molecule has 0 saturated heterocycles. The molecule has 1 saturated carbocycles. The van der Waals surface area contributed by atoms with Crippen molar-refractivity contribution < 1.29 is 5.11 Å². The van der Waals surface area contributed by atoms with Crippen LogP contribution in [0.4, 0.5) is 5.82 Å². The number of nitrogens with zero attached hydrogens (tertiary/aromatic N) is 2. The van der Waals surface area contributed by atoms with E-state index in [-0.39, 0.29) is 17.7 Å². The highest BCUT2D eigenvalue weighted by Gasteiger charge is 2.34. The Labute approximate surface area is 107 Å². The summed E-state index contributed by atoms with van der Waals surface area (Å²) in [7, 11) is 0. The number of aryl methyl sites for hydroxylation is 1. The summed E-state index contributed by atoms with van der Waals surface area (Å²) >= 11 is 0. The van der Waals surface area contributed by atoms with E-state index in [0.29, 0.717) is 12.4 Å². The highest BCUT2D eigenvalue weighted by atomic mass is 16.3. The second-order valence-electron chi connectivity index (χ2n) is 5.04. The van der Waals surface area contributed by atoms with Crippen LogP contribution in [0.25, 0.3) is 0 Å². The zero-order valence-corrected chi connectivity index (χ0v) is 10.9. The minimum atomic E-state index is -0.350. The number of anilines is 1. The van der Waals surface area contributed by atoms with Crippen LogP contribution in [0.2, 0.25) is 0 Å². The molecule has 1 aliphatic rings. The van der Waals surface area contributed by atoms with Gasteiger partial charge in [0.2, 0.25) is 0 Å². The van der Waals surface area contributed by atoms with Gasteiger partial charge < -0.3 is 15.0 Å². The third-order valence-electron chi connectivity index (χ3n) is 3.63. The van der Waals surface area contributed by atoms with Gasteiger partial charge in [0.15, 0.2) is 5.82 Å². The van der Waals surface area contributed by atoms with Gasteiger partial charge in [0.05, 0.1) is 12.1 Å². The topological polar surface area (TPSA) is 67.2 Å². The van der Waals surface area contributed by atoms with Crippen molar-refractivity contribution in [2.24, 2.45) is 0 Å². The summed E-state index contributed by atoms with van der Waals surface area (Å²) in [4.78, 5) is 16.3. The molecular weight excluding hydrogens is 230 g/mol. The molecule has 1 aromatic heterocycles. The average molecular weight is 251 g/mol. The Bertz CT molecular complexity index is 450. The van der Waals surface area contributed by atoms with Crippen molar-refractivity contribution in [1.82, 2.24) is 9.55 Å². The summed E-state index contributed by atoms with van der Waals surface area (Å²) < 4.78 is 1.66. The minimum absolute atomic E-state index is 0.0524. The van der Waals surface area contributed by atoms with Gasteiger partial charge in [-0.1, -0.05) is 19.8 Å². The summed E-state index contributed by atoms with van der Waals surface area (Å²) in [6.07, 6.45) is 8.22. The van der Waals surface area contributed by atoms with E-state index < -0.39 is 0 Å². The first kappa shape index (κ1) is 13.1. The van der Waals surface area contributed by atoms with Gasteiger partial charge >= 0.3 is 0 Å². The Morgan fingerprint density at radius 1 is 1.50 bits per heavy atom. The SMILES string of the molecule is CCCn1ccnc(NC2(CO)CCCC2)c1=O. The fraction of sp³-hybridized carbons (Fsp3) is 0.692. The Morgan fingerprint density at radius 2 is 2.22 bits per heavy atom. The maximum absolute atomic E-state index is 12.2. The molecule has 0 bridgehead atoms. The molecule has 0 aliphatic heterocycles. The van der Waals surface area contributed by atoms with E-state index in [1.54, 1.807) is 17.0 Å². The normalized spacial score (nSPS) is 17.9. The van der Waals surface area contributed by atoms with E-state index in [2.05, 4.69) is 10.3 Å². The summed E-state index contributed by atoms with van der Waals surface area (Å²) in [6, 6.07) is 0. The van der Waals surface area contributed by atoms with Crippen LogP contribution in [0.5, 0.6) is 0 Å². The van der Waals surface area contributed by atoms with E-state index in [1.807, 2.05) is 6.92 Å². The number of hydrogen-bond acceptors (Lipinski definition) is 4. The molecule has 0 aromatic carbocycles. The average Bonchev–Trinajstić information content (AvgIpc) is 2.84. The van der Waals surface area contributed by atoms with Crippen LogP contribution in [-0.2, 0) is 6.54 Å². The Hall–Kier alpha value is -1.36. The van der Waals surface area contributed by atoms with Crippen molar-refractivity contribution in [3.63, 3.8) is 0 Å². The van der Waals surface area contributed by atoms with Gasteiger partial charge in [-0.25, -0.2) is 4.98 Å². The van der Waals surface area contributed by atoms with Gasteiger partial charge in [-0.05, 0) is 19.3 Å². The fourth-order valence-electron chi connectivity index (χ4n) is 2.58. The van der Waals surface area contributed by atoms with Crippen molar-refractivity contribution in [3.05, 3.63) is 22.7 Å². The lowest BCUT2D eigenvalue weighted by Gasteiger charge is -2.28. The molecule has 1 aromatic rings. The number of aliphatic hydroxyl groups excluding tert-OH is 1. The largest absolute Gasteiger partial charge is 0.394 e. The molecule has 100 valence electrons. The predicted octanol–water partition coefficient (Wildman–Crippen LogP) is 1.37. The van der Waals surface area contributed by atoms with Crippen LogP contribution in [0.1, 0.15) is 39.0 Å². The molecule has 2 N–H and O–H groups in total. The fourth-order valence-corrected chi connectivity index (χ4v) is 2.58. The highest BCUT2D eigenvalue weighted by molar-refractivity contribution is 5.35. The molecular formula is C13H21N3O2. The number of nitrogens with one attached hydrogen (secondary N) is 1. The van der Waals surface area contributed by atoms with Crippen LogP contribution in [0, 0.1) is 0 Å². The first-order chi connectivity index (χ1) is 8.71. The summed E-state index contributed by atoms with van der Waals surface area (Å²) in [5.41, 5.74) is -0.448. The van der Waals surface area contributed by atoms with Gasteiger partial charge in [0.25, 0.3) is 5.56 Å². The van der Waals surface area contributed by atoms with Crippen molar-refractivity contribution in [3.8, 4) is 0 Å². The van der Waals surface area contributed by atoms with Gasteiger partial charge in [-0.3, -0.25) is 4.79 Å². The summed E-state index contributed by atoms with van der Waals surface area (Å²) in [6.45, 7) is 2.78. The maximum atomic E-state index is 12.2. The summed E-state index contributed by atoms with van der Waals surface area (Å²) in [5, 5.41) is 12.7. The quantitative estimate of drug-likeness (QED) is 0.829. The van der Waals surface area contributed by atoms with Gasteiger partial charge in [0, 0.05) is 18.9 Å². The molecule has 1 heterocycles. The number of rotatable bonds is 5. The predicted molar refractivity (Wildman–Crippen MR) is 70.7 cm³/mol.